The van der Waals surface area contributed by atoms with Crippen LogP contribution in [0.15, 0.2) is 30.5 Å². The quantitative estimate of drug-likeness (QED) is 0.915. The number of nitrogens with two attached hydrogens (primary N) is 1. The van der Waals surface area contributed by atoms with Crippen LogP contribution in [0.5, 0.6) is 11.6 Å². The zero-order valence-electron chi connectivity index (χ0n) is 11.3. The van der Waals surface area contributed by atoms with E-state index < -0.39 is 0 Å². The van der Waals surface area contributed by atoms with Gasteiger partial charge in [-0.1, -0.05) is 17.7 Å². The van der Waals surface area contributed by atoms with E-state index in [2.05, 4.69) is 4.98 Å². The first-order chi connectivity index (χ1) is 8.97. The lowest BCUT2D eigenvalue weighted by molar-refractivity contribution is 0.455. The summed E-state index contributed by atoms with van der Waals surface area (Å²) in [5.74, 6) is 1.35. The minimum atomic E-state index is -0.0273. The van der Waals surface area contributed by atoms with Gasteiger partial charge in [0.25, 0.3) is 0 Å². The van der Waals surface area contributed by atoms with Gasteiger partial charge in [-0.05, 0) is 49.6 Å². The third kappa shape index (κ3) is 3.25. The fourth-order valence-electron chi connectivity index (χ4n) is 1.88. The highest BCUT2D eigenvalue weighted by Gasteiger charge is 2.08. The molecule has 1 aromatic heterocycles. The lowest BCUT2D eigenvalue weighted by Gasteiger charge is -2.12. The van der Waals surface area contributed by atoms with Crippen LogP contribution < -0.4 is 10.5 Å². The molecule has 2 N–H and O–H groups in total. The first-order valence-corrected chi connectivity index (χ1v) is 6.51. The molecule has 2 rings (SSSR count). The number of benzene rings is 1. The summed E-state index contributed by atoms with van der Waals surface area (Å²) in [6.45, 7) is 5.85. The number of hydrogen-bond acceptors (Lipinski definition) is 3. The van der Waals surface area contributed by atoms with Gasteiger partial charge in [-0.15, -0.1) is 0 Å². The van der Waals surface area contributed by atoms with Crippen LogP contribution in [-0.4, -0.2) is 4.98 Å². The Balaban J connectivity index is 2.26. The largest absolute Gasteiger partial charge is 0.438 e. The van der Waals surface area contributed by atoms with Crippen LogP contribution in [0.2, 0.25) is 5.02 Å². The molecule has 0 unspecified atom stereocenters. The molecule has 100 valence electrons. The monoisotopic (exact) mass is 276 g/mol. The molecule has 1 atom stereocenters. The van der Waals surface area contributed by atoms with Gasteiger partial charge in [0.05, 0.1) is 0 Å². The Kier molecular flexibility index (Phi) is 4.08. The molecule has 2 aromatic rings. The summed E-state index contributed by atoms with van der Waals surface area (Å²) >= 11 is 6.00. The van der Waals surface area contributed by atoms with Crippen molar-refractivity contribution in [2.24, 2.45) is 5.73 Å². The summed E-state index contributed by atoms with van der Waals surface area (Å²) in [5.41, 5.74) is 8.75. The summed E-state index contributed by atoms with van der Waals surface area (Å²) in [7, 11) is 0. The number of ether oxygens (including phenoxy) is 1. The molecule has 1 heterocycles. The normalized spacial score (nSPS) is 12.3. The number of halogens is 1. The van der Waals surface area contributed by atoms with Gasteiger partial charge >= 0.3 is 0 Å². The highest BCUT2D eigenvalue weighted by molar-refractivity contribution is 6.30. The lowest BCUT2D eigenvalue weighted by Crippen LogP contribution is -2.05. The Bertz CT molecular complexity index is 556. The molecule has 19 heavy (non-hydrogen) atoms. The van der Waals surface area contributed by atoms with Crippen molar-refractivity contribution in [3.8, 4) is 11.6 Å². The number of nitrogens with zero attached hydrogens (tertiary/aromatic N) is 1. The summed E-state index contributed by atoms with van der Waals surface area (Å²) in [6.07, 6.45) is 1.74. The highest BCUT2D eigenvalue weighted by atomic mass is 35.5. The van der Waals surface area contributed by atoms with Crippen LogP contribution in [0.4, 0.5) is 0 Å². The molecular weight excluding hydrogens is 260 g/mol. The highest BCUT2D eigenvalue weighted by Crippen LogP contribution is 2.30. The van der Waals surface area contributed by atoms with E-state index in [1.807, 2.05) is 45.0 Å². The zero-order valence-corrected chi connectivity index (χ0v) is 12.0. The van der Waals surface area contributed by atoms with E-state index in [1.54, 1.807) is 6.20 Å². The van der Waals surface area contributed by atoms with Crippen molar-refractivity contribution < 1.29 is 4.74 Å². The molecule has 0 aliphatic carbocycles. The van der Waals surface area contributed by atoms with Gasteiger partial charge in [-0.25, -0.2) is 4.98 Å². The minimum absolute atomic E-state index is 0.0273. The maximum atomic E-state index is 6.00. The third-order valence-electron chi connectivity index (χ3n) is 2.92. The van der Waals surface area contributed by atoms with Gasteiger partial charge < -0.3 is 10.5 Å². The summed E-state index contributed by atoms with van der Waals surface area (Å²) in [4.78, 5) is 4.26. The molecule has 0 spiro atoms. The predicted molar refractivity (Wildman–Crippen MR) is 77.8 cm³/mol. The van der Waals surface area contributed by atoms with Gasteiger partial charge in [0.1, 0.15) is 5.75 Å². The second-order valence-corrected chi connectivity index (χ2v) is 5.13. The van der Waals surface area contributed by atoms with Crippen LogP contribution in [0.25, 0.3) is 0 Å². The SMILES string of the molecule is Cc1cc(Cl)cc(C)c1Oc1ccc([C@H](C)N)cn1. The molecular formula is C15H17ClN2O. The standard InChI is InChI=1S/C15H17ClN2O/c1-9-6-13(16)7-10(2)15(9)19-14-5-4-12(8-18-14)11(3)17/h4-8,11H,17H2,1-3H3/t11-/m0/s1. The Hall–Kier alpha value is -1.58. The van der Waals surface area contributed by atoms with Crippen molar-refractivity contribution in [1.29, 1.82) is 0 Å². The number of pyridine rings is 1. The molecule has 0 amide bonds. The molecule has 0 bridgehead atoms. The molecule has 0 saturated heterocycles. The van der Waals surface area contributed by atoms with Crippen molar-refractivity contribution in [1.82, 2.24) is 4.98 Å². The molecule has 0 saturated carbocycles. The van der Waals surface area contributed by atoms with Crippen molar-refractivity contribution >= 4 is 11.6 Å². The predicted octanol–water partition coefficient (Wildman–Crippen LogP) is 4.16. The first kappa shape index (κ1) is 13.8. The topological polar surface area (TPSA) is 48.1 Å². The number of aromatic nitrogens is 1. The fourth-order valence-corrected chi connectivity index (χ4v) is 2.21. The molecule has 4 heteroatoms. The smallest absolute Gasteiger partial charge is 0.219 e. The molecule has 0 radical (unpaired) electrons. The second kappa shape index (κ2) is 5.59. The van der Waals surface area contributed by atoms with Gasteiger partial charge in [0.15, 0.2) is 0 Å². The molecule has 0 fully saturated rings. The van der Waals surface area contributed by atoms with Gasteiger partial charge in [0.2, 0.25) is 5.88 Å². The van der Waals surface area contributed by atoms with Gasteiger partial charge in [-0.2, -0.15) is 0 Å². The number of aryl methyl sites for hydroxylation is 2. The second-order valence-electron chi connectivity index (χ2n) is 4.69. The van der Waals surface area contributed by atoms with Crippen molar-refractivity contribution in [3.63, 3.8) is 0 Å². The van der Waals surface area contributed by atoms with Gasteiger partial charge in [-0.3, -0.25) is 0 Å². The Morgan fingerprint density at radius 1 is 1.21 bits per heavy atom. The van der Waals surface area contributed by atoms with Crippen LogP contribution >= 0.6 is 11.6 Å². The van der Waals surface area contributed by atoms with E-state index in [1.165, 1.54) is 0 Å². The van der Waals surface area contributed by atoms with Crippen molar-refractivity contribution in [2.75, 3.05) is 0 Å². The maximum absolute atomic E-state index is 6.00. The minimum Gasteiger partial charge on any atom is -0.438 e. The van der Waals surface area contributed by atoms with E-state index in [-0.39, 0.29) is 6.04 Å². The number of rotatable bonds is 3. The lowest BCUT2D eigenvalue weighted by atomic mass is 10.1. The van der Waals surface area contributed by atoms with E-state index in [0.717, 1.165) is 22.4 Å². The molecule has 3 nitrogen and oxygen atoms in total. The molecule has 0 aliphatic rings. The number of hydrogen-bond donors (Lipinski definition) is 1. The Labute approximate surface area is 118 Å². The average Bonchev–Trinajstić information content (AvgIpc) is 2.34. The maximum Gasteiger partial charge on any atom is 0.219 e. The third-order valence-corrected chi connectivity index (χ3v) is 3.13. The molecule has 0 aliphatic heterocycles. The van der Waals surface area contributed by atoms with E-state index in [4.69, 9.17) is 22.1 Å². The van der Waals surface area contributed by atoms with Crippen molar-refractivity contribution in [2.45, 2.75) is 26.8 Å². The van der Waals surface area contributed by atoms with E-state index >= 15 is 0 Å². The summed E-state index contributed by atoms with van der Waals surface area (Å²) in [5, 5.41) is 0.711. The average molecular weight is 277 g/mol. The van der Waals surface area contributed by atoms with Crippen LogP contribution in [0.1, 0.15) is 29.7 Å². The van der Waals surface area contributed by atoms with Gasteiger partial charge in [0, 0.05) is 23.3 Å². The van der Waals surface area contributed by atoms with Crippen LogP contribution in [-0.2, 0) is 0 Å². The summed E-state index contributed by atoms with van der Waals surface area (Å²) < 4.78 is 5.82. The van der Waals surface area contributed by atoms with Crippen LogP contribution in [0, 0.1) is 13.8 Å². The zero-order chi connectivity index (χ0) is 14.0. The van der Waals surface area contributed by atoms with Crippen LogP contribution in [0.3, 0.4) is 0 Å². The first-order valence-electron chi connectivity index (χ1n) is 6.13. The van der Waals surface area contributed by atoms with E-state index in [0.29, 0.717) is 10.9 Å². The summed E-state index contributed by atoms with van der Waals surface area (Å²) in [6, 6.07) is 7.47. The fraction of sp³-hybridized carbons (Fsp3) is 0.267. The molecule has 1 aromatic carbocycles. The Morgan fingerprint density at radius 2 is 1.84 bits per heavy atom. The van der Waals surface area contributed by atoms with E-state index in [9.17, 15) is 0 Å². The Morgan fingerprint density at radius 3 is 2.32 bits per heavy atom. The van der Waals surface area contributed by atoms with Crippen molar-refractivity contribution in [3.05, 3.63) is 52.2 Å².